The molecule has 1 aliphatic heterocycles. The first-order chi connectivity index (χ1) is 14.7. The Morgan fingerprint density at radius 1 is 1.19 bits per heavy atom. The van der Waals surface area contributed by atoms with Crippen LogP contribution >= 0.6 is 0 Å². The molecule has 0 unspecified atom stereocenters. The first-order valence-electron chi connectivity index (χ1n) is 9.62. The summed E-state index contributed by atoms with van der Waals surface area (Å²) in [5.41, 5.74) is 0.841. The average Bonchev–Trinajstić information content (AvgIpc) is 3.25. The van der Waals surface area contributed by atoms with Gasteiger partial charge in [-0.3, -0.25) is 9.25 Å². The van der Waals surface area contributed by atoms with Crippen LogP contribution in [0.1, 0.15) is 25.5 Å². The SMILES string of the molecule is Cc1nnc2n1-c1c(cc(OC(F)F)c(-c3cccc4c3cnn4C)c1F)NC2(C)C. The second-order valence-corrected chi connectivity index (χ2v) is 8.00. The van der Waals surface area contributed by atoms with E-state index in [4.69, 9.17) is 4.74 Å². The Hall–Kier alpha value is -3.56. The predicted octanol–water partition coefficient (Wildman–Crippen LogP) is 4.53. The fourth-order valence-corrected chi connectivity index (χ4v) is 4.19. The first kappa shape index (κ1) is 19.4. The summed E-state index contributed by atoms with van der Waals surface area (Å²) in [4.78, 5) is 0. The lowest BCUT2D eigenvalue weighted by Crippen LogP contribution is -2.36. The number of nitrogens with one attached hydrogen (secondary N) is 1. The highest BCUT2D eigenvalue weighted by atomic mass is 19.3. The van der Waals surface area contributed by atoms with E-state index < -0.39 is 18.0 Å². The molecular formula is C21H19F3N6O. The van der Waals surface area contributed by atoms with Gasteiger partial charge >= 0.3 is 6.61 Å². The number of hydrogen-bond donors (Lipinski definition) is 1. The zero-order valence-electron chi connectivity index (χ0n) is 17.2. The van der Waals surface area contributed by atoms with E-state index in [9.17, 15) is 8.78 Å². The van der Waals surface area contributed by atoms with Gasteiger partial charge in [-0.1, -0.05) is 12.1 Å². The highest BCUT2D eigenvalue weighted by Gasteiger charge is 2.38. The normalized spacial score (nSPS) is 14.5. The van der Waals surface area contributed by atoms with E-state index in [1.807, 2.05) is 19.9 Å². The number of halogens is 3. The van der Waals surface area contributed by atoms with Crippen LogP contribution in [0.25, 0.3) is 27.7 Å². The van der Waals surface area contributed by atoms with E-state index in [1.165, 1.54) is 6.07 Å². The van der Waals surface area contributed by atoms with E-state index in [0.29, 0.717) is 28.3 Å². The van der Waals surface area contributed by atoms with Gasteiger partial charge < -0.3 is 10.1 Å². The molecule has 0 bridgehead atoms. The summed E-state index contributed by atoms with van der Waals surface area (Å²) in [5.74, 6) is 0.0268. The molecule has 0 radical (unpaired) electrons. The molecular weight excluding hydrogens is 409 g/mol. The van der Waals surface area contributed by atoms with Crippen molar-refractivity contribution in [1.29, 1.82) is 0 Å². The number of anilines is 1. The molecule has 0 atom stereocenters. The molecule has 0 amide bonds. The molecule has 1 N–H and O–H groups in total. The van der Waals surface area contributed by atoms with Crippen LogP contribution in [0, 0.1) is 12.7 Å². The number of ether oxygens (including phenoxy) is 1. The molecule has 0 spiro atoms. The van der Waals surface area contributed by atoms with Crippen LogP contribution in [-0.2, 0) is 12.6 Å². The second kappa shape index (κ2) is 6.47. The van der Waals surface area contributed by atoms with E-state index in [-0.39, 0.29) is 17.0 Å². The Kier molecular flexibility index (Phi) is 4.05. The number of rotatable bonds is 3. The predicted molar refractivity (Wildman–Crippen MR) is 109 cm³/mol. The summed E-state index contributed by atoms with van der Waals surface area (Å²) < 4.78 is 50.8. The average molecular weight is 428 g/mol. The lowest BCUT2D eigenvalue weighted by Gasteiger charge is -2.34. The van der Waals surface area contributed by atoms with Crippen LogP contribution in [-0.4, -0.2) is 31.2 Å². The molecule has 10 heteroatoms. The maximum atomic E-state index is 16.2. The molecule has 2 aromatic carbocycles. The minimum atomic E-state index is -3.12. The third-order valence-electron chi connectivity index (χ3n) is 5.54. The largest absolute Gasteiger partial charge is 0.434 e. The zero-order valence-corrected chi connectivity index (χ0v) is 17.2. The maximum Gasteiger partial charge on any atom is 0.387 e. The zero-order chi connectivity index (χ0) is 22.1. The first-order valence-corrected chi connectivity index (χ1v) is 9.62. The summed E-state index contributed by atoms with van der Waals surface area (Å²) >= 11 is 0. The van der Waals surface area contributed by atoms with Crippen molar-refractivity contribution in [2.75, 3.05) is 5.32 Å². The fraction of sp³-hybridized carbons (Fsp3) is 0.286. The number of nitrogens with zero attached hydrogens (tertiary/aromatic N) is 5. The van der Waals surface area contributed by atoms with Gasteiger partial charge in [0.15, 0.2) is 11.6 Å². The molecule has 31 heavy (non-hydrogen) atoms. The molecule has 7 nitrogen and oxygen atoms in total. The van der Waals surface area contributed by atoms with Crippen molar-refractivity contribution in [1.82, 2.24) is 24.5 Å². The Balaban J connectivity index is 1.87. The summed E-state index contributed by atoms with van der Waals surface area (Å²) in [6.45, 7) is 2.30. The van der Waals surface area contributed by atoms with E-state index in [1.54, 1.807) is 41.5 Å². The van der Waals surface area contributed by atoms with Crippen LogP contribution in [0.2, 0.25) is 0 Å². The van der Waals surface area contributed by atoms with Crippen LogP contribution in [0.15, 0.2) is 30.5 Å². The van der Waals surface area contributed by atoms with Gasteiger partial charge in [-0.2, -0.15) is 13.9 Å². The molecule has 4 aromatic rings. The van der Waals surface area contributed by atoms with E-state index in [2.05, 4.69) is 20.6 Å². The molecule has 0 aliphatic carbocycles. The smallest absolute Gasteiger partial charge is 0.387 e. The minimum absolute atomic E-state index is 0.0711. The Bertz CT molecular complexity index is 1340. The third-order valence-corrected chi connectivity index (χ3v) is 5.54. The third kappa shape index (κ3) is 2.77. The molecule has 3 heterocycles. The molecule has 0 fully saturated rings. The highest BCUT2D eigenvalue weighted by Crippen LogP contribution is 2.47. The maximum absolute atomic E-state index is 16.2. The summed E-state index contributed by atoms with van der Waals surface area (Å²) in [5, 5.41) is 16.3. The number of aromatic nitrogens is 5. The summed E-state index contributed by atoms with van der Waals surface area (Å²) in [7, 11) is 1.75. The van der Waals surface area contributed by atoms with Crippen LogP contribution in [0.4, 0.5) is 18.9 Å². The number of benzene rings is 2. The molecule has 1 aliphatic rings. The van der Waals surface area contributed by atoms with Crippen LogP contribution in [0.5, 0.6) is 5.75 Å². The Labute approximate surface area is 175 Å². The standard InChI is InChI=1S/C21H19F3N6O/c1-10-27-28-19-21(2,3)26-13-8-15(31-20(23)24)16(17(22)18(13)30(10)19)11-6-5-7-14-12(11)9-25-29(14)4/h5-9,20,26H,1-4H3. The molecule has 0 saturated heterocycles. The van der Waals surface area contributed by atoms with Gasteiger partial charge in [0.2, 0.25) is 0 Å². The van der Waals surface area contributed by atoms with Gasteiger partial charge in [0.05, 0.1) is 28.5 Å². The highest BCUT2D eigenvalue weighted by molar-refractivity contribution is 5.97. The summed E-state index contributed by atoms with van der Waals surface area (Å²) in [6, 6.07) is 6.61. The van der Waals surface area contributed by atoms with Crippen molar-refractivity contribution in [2.24, 2.45) is 7.05 Å². The minimum Gasteiger partial charge on any atom is -0.434 e. The van der Waals surface area contributed by atoms with Crippen molar-refractivity contribution < 1.29 is 17.9 Å². The van der Waals surface area contributed by atoms with Crippen molar-refractivity contribution in [3.05, 3.63) is 47.9 Å². The van der Waals surface area contributed by atoms with Crippen molar-refractivity contribution in [3.8, 4) is 22.6 Å². The fourth-order valence-electron chi connectivity index (χ4n) is 4.19. The lowest BCUT2D eigenvalue weighted by molar-refractivity contribution is -0.0495. The van der Waals surface area contributed by atoms with Crippen molar-refractivity contribution in [2.45, 2.75) is 32.9 Å². The van der Waals surface area contributed by atoms with Gasteiger partial charge in [-0.05, 0) is 32.4 Å². The molecule has 160 valence electrons. The van der Waals surface area contributed by atoms with Gasteiger partial charge in [0, 0.05) is 18.5 Å². The van der Waals surface area contributed by atoms with Gasteiger partial charge in [0.1, 0.15) is 17.3 Å². The Morgan fingerprint density at radius 3 is 2.71 bits per heavy atom. The van der Waals surface area contributed by atoms with Crippen LogP contribution in [0.3, 0.4) is 0 Å². The monoisotopic (exact) mass is 428 g/mol. The van der Waals surface area contributed by atoms with Crippen LogP contribution < -0.4 is 10.1 Å². The number of aryl methyl sites for hydroxylation is 2. The Morgan fingerprint density at radius 2 is 1.97 bits per heavy atom. The van der Waals surface area contributed by atoms with E-state index >= 15 is 4.39 Å². The topological polar surface area (TPSA) is 69.8 Å². The van der Waals surface area contributed by atoms with Gasteiger partial charge in [-0.15, -0.1) is 10.2 Å². The van der Waals surface area contributed by atoms with Gasteiger partial charge in [-0.25, -0.2) is 4.39 Å². The molecule has 5 rings (SSSR count). The number of fused-ring (bicyclic) bond motifs is 4. The quantitative estimate of drug-likeness (QED) is 0.519. The van der Waals surface area contributed by atoms with E-state index in [0.717, 1.165) is 5.52 Å². The molecule has 2 aromatic heterocycles. The number of alkyl halides is 2. The van der Waals surface area contributed by atoms with Crippen molar-refractivity contribution >= 4 is 16.6 Å². The lowest BCUT2D eigenvalue weighted by atomic mass is 9.95. The number of hydrogen-bond acceptors (Lipinski definition) is 5. The summed E-state index contributed by atoms with van der Waals surface area (Å²) in [6.07, 6.45) is 1.58. The second-order valence-electron chi connectivity index (χ2n) is 8.00. The van der Waals surface area contributed by atoms with Gasteiger partial charge in [0.25, 0.3) is 0 Å². The molecule has 0 saturated carbocycles. The van der Waals surface area contributed by atoms with Crippen molar-refractivity contribution in [3.63, 3.8) is 0 Å².